The predicted octanol–water partition coefficient (Wildman–Crippen LogP) is 3.49. The summed E-state index contributed by atoms with van der Waals surface area (Å²) in [6.45, 7) is 10.9. The van der Waals surface area contributed by atoms with Crippen LogP contribution in [-0.4, -0.2) is 56.4 Å². The van der Waals surface area contributed by atoms with E-state index in [1.54, 1.807) is 13.3 Å². The van der Waals surface area contributed by atoms with Crippen LogP contribution in [0.5, 0.6) is 0 Å². The number of amides is 1. The topological polar surface area (TPSA) is 66.0 Å². The number of allylic oxidation sites excluding steroid dienone is 2. The van der Waals surface area contributed by atoms with Crippen molar-refractivity contribution in [1.29, 1.82) is 0 Å². The number of carbonyl (C=O) groups is 1. The van der Waals surface area contributed by atoms with Crippen LogP contribution in [0, 0.1) is 29.1 Å². The van der Waals surface area contributed by atoms with Crippen LogP contribution in [0.3, 0.4) is 0 Å². The van der Waals surface area contributed by atoms with Crippen LogP contribution in [0.4, 0.5) is 0 Å². The maximum absolute atomic E-state index is 13.6. The van der Waals surface area contributed by atoms with Crippen LogP contribution in [0.1, 0.15) is 46.0 Å². The number of nitrogens with one attached hydrogen (secondary N) is 2. The molecular formula is C26H40N4O2. The van der Waals surface area contributed by atoms with E-state index >= 15 is 0 Å². The summed E-state index contributed by atoms with van der Waals surface area (Å²) in [4.78, 5) is 20.0. The van der Waals surface area contributed by atoms with Gasteiger partial charge in [0, 0.05) is 37.8 Å². The summed E-state index contributed by atoms with van der Waals surface area (Å²) < 4.78 is 5.55. The highest BCUT2D eigenvalue weighted by atomic mass is 16.5. The average molecular weight is 441 g/mol. The molecule has 6 heteroatoms. The number of fused-ring (bicyclic) bond motifs is 1. The second-order valence-corrected chi connectivity index (χ2v) is 10.6. The molecule has 1 aliphatic heterocycles. The van der Waals surface area contributed by atoms with Crippen LogP contribution in [-0.2, 0) is 9.53 Å². The Morgan fingerprint density at radius 1 is 1.16 bits per heavy atom. The van der Waals surface area contributed by atoms with Crippen molar-refractivity contribution in [2.45, 2.75) is 52.0 Å². The molecule has 4 rings (SSSR count). The van der Waals surface area contributed by atoms with Gasteiger partial charge in [-0.15, -0.1) is 6.58 Å². The molecule has 1 heterocycles. The number of carbonyl (C=O) groups excluding carboxylic acids is 1. The lowest BCUT2D eigenvalue weighted by Gasteiger charge is -2.45. The van der Waals surface area contributed by atoms with Crippen LogP contribution in [0.25, 0.3) is 0 Å². The molecule has 0 radical (unpaired) electrons. The highest BCUT2D eigenvalue weighted by molar-refractivity contribution is 6.12. The largest absolute Gasteiger partial charge is 0.378 e. The zero-order valence-electron chi connectivity index (χ0n) is 20.0. The standard InChI is InChI=1S/C26H40N4O2/c1-5-26(2,3)8-9-28-24(30-10-12-32-13-11-30)22(17-27-4)25(31)29-23-7-6-18-14-19-16-21(23)20(19)15-18/h5,8-9,17-21,23,28H,1,6-7,10-16H2,2-4H3,(H,29,31)/b9-8+,24-22-,27-17-/t18?,19?,20?,21?,23-/m1/s1. The van der Waals surface area contributed by atoms with Gasteiger partial charge in [-0.05, 0) is 62.0 Å². The van der Waals surface area contributed by atoms with Crippen molar-refractivity contribution in [3.05, 3.63) is 36.3 Å². The van der Waals surface area contributed by atoms with Crippen LogP contribution in [0.15, 0.2) is 41.3 Å². The molecular weight excluding hydrogens is 400 g/mol. The van der Waals surface area contributed by atoms with Gasteiger partial charge in [0.25, 0.3) is 5.91 Å². The molecule has 0 spiro atoms. The lowest BCUT2D eigenvalue weighted by atomic mass is 9.63. The molecule has 4 unspecified atom stereocenters. The molecule has 1 saturated heterocycles. The van der Waals surface area contributed by atoms with Gasteiger partial charge in [-0.1, -0.05) is 26.0 Å². The lowest BCUT2D eigenvalue weighted by Crippen LogP contribution is -2.50. The Morgan fingerprint density at radius 3 is 2.66 bits per heavy atom. The first-order chi connectivity index (χ1) is 15.4. The summed E-state index contributed by atoms with van der Waals surface area (Å²) in [5.74, 6) is 4.07. The smallest absolute Gasteiger partial charge is 0.256 e. The van der Waals surface area contributed by atoms with Gasteiger partial charge in [0.15, 0.2) is 0 Å². The third kappa shape index (κ3) is 4.95. The minimum atomic E-state index is -0.134. The molecule has 1 amide bonds. The number of hydrogen-bond donors (Lipinski definition) is 2. The van der Waals surface area contributed by atoms with Gasteiger partial charge in [0.2, 0.25) is 0 Å². The minimum Gasteiger partial charge on any atom is -0.378 e. The monoisotopic (exact) mass is 440 g/mol. The minimum absolute atomic E-state index is 0.0211. The van der Waals surface area contributed by atoms with Gasteiger partial charge >= 0.3 is 0 Å². The van der Waals surface area contributed by atoms with Crippen molar-refractivity contribution in [2.24, 2.45) is 34.1 Å². The Kier molecular flexibility index (Phi) is 7.08. The van der Waals surface area contributed by atoms with Crippen molar-refractivity contribution >= 4 is 12.1 Å². The lowest BCUT2D eigenvalue weighted by molar-refractivity contribution is -0.119. The van der Waals surface area contributed by atoms with Gasteiger partial charge in [-0.3, -0.25) is 9.79 Å². The molecule has 0 aromatic rings. The molecule has 2 N–H and O–H groups in total. The Labute approximate surface area is 193 Å². The third-order valence-corrected chi connectivity index (χ3v) is 8.04. The molecule has 3 aliphatic carbocycles. The maximum Gasteiger partial charge on any atom is 0.256 e. The van der Waals surface area contributed by atoms with E-state index in [1.165, 1.54) is 25.7 Å². The summed E-state index contributed by atoms with van der Waals surface area (Å²) in [7, 11) is 1.72. The van der Waals surface area contributed by atoms with Gasteiger partial charge in [0.05, 0.1) is 18.8 Å². The molecule has 176 valence electrons. The highest BCUT2D eigenvalue weighted by Gasteiger charge is 2.52. The second kappa shape index (κ2) is 9.82. The number of rotatable bonds is 8. The normalized spacial score (nSPS) is 33.0. The zero-order chi connectivity index (χ0) is 22.7. The van der Waals surface area contributed by atoms with E-state index in [0.717, 1.165) is 43.1 Å². The fraction of sp³-hybridized carbons (Fsp3) is 0.692. The van der Waals surface area contributed by atoms with E-state index in [-0.39, 0.29) is 17.4 Å². The summed E-state index contributed by atoms with van der Waals surface area (Å²) in [6, 6.07) is 0.287. The zero-order valence-corrected chi connectivity index (χ0v) is 20.0. The number of ether oxygens (including phenoxy) is 1. The Hall–Kier alpha value is -2.08. The molecule has 0 aromatic carbocycles. The van der Waals surface area contributed by atoms with Crippen molar-refractivity contribution in [3.63, 3.8) is 0 Å². The summed E-state index contributed by atoms with van der Waals surface area (Å²) in [6.07, 6.45) is 14.1. The van der Waals surface area contributed by atoms with Gasteiger partial charge < -0.3 is 20.3 Å². The van der Waals surface area contributed by atoms with Crippen molar-refractivity contribution in [3.8, 4) is 0 Å². The fourth-order valence-electron chi connectivity index (χ4n) is 6.04. The van der Waals surface area contributed by atoms with E-state index in [9.17, 15) is 4.79 Å². The Bertz CT molecular complexity index is 794. The first-order valence-electron chi connectivity index (χ1n) is 12.3. The average Bonchev–Trinajstić information content (AvgIpc) is 3.01. The van der Waals surface area contributed by atoms with Crippen LogP contribution >= 0.6 is 0 Å². The van der Waals surface area contributed by atoms with E-state index in [1.807, 2.05) is 12.3 Å². The van der Waals surface area contributed by atoms with E-state index in [4.69, 9.17) is 4.74 Å². The molecule has 4 aliphatic rings. The van der Waals surface area contributed by atoms with E-state index in [2.05, 4.69) is 47.0 Å². The van der Waals surface area contributed by atoms with Crippen LogP contribution < -0.4 is 10.6 Å². The first-order valence-corrected chi connectivity index (χ1v) is 12.3. The number of hydrogen-bond acceptors (Lipinski definition) is 5. The molecule has 4 fully saturated rings. The van der Waals surface area contributed by atoms with Gasteiger partial charge in [-0.25, -0.2) is 0 Å². The fourth-order valence-corrected chi connectivity index (χ4v) is 6.04. The van der Waals surface area contributed by atoms with Gasteiger partial charge in [-0.2, -0.15) is 0 Å². The maximum atomic E-state index is 13.6. The molecule has 2 bridgehead atoms. The Balaban J connectivity index is 1.56. The SMILES string of the molecule is C=CC(C)(C)/C=C/N/C(=C(\C=N/C)C(=O)N[C@@H]1CCC2CC3CC1C3C2)N1CCOCC1. The predicted molar refractivity (Wildman–Crippen MR) is 129 cm³/mol. The number of morpholine rings is 1. The molecule has 6 nitrogen and oxygen atoms in total. The van der Waals surface area contributed by atoms with E-state index in [0.29, 0.717) is 24.7 Å². The van der Waals surface area contributed by atoms with Crippen molar-refractivity contribution < 1.29 is 9.53 Å². The summed E-state index contributed by atoms with van der Waals surface area (Å²) >= 11 is 0. The van der Waals surface area contributed by atoms with Gasteiger partial charge in [0.1, 0.15) is 5.82 Å². The number of nitrogens with zero attached hydrogens (tertiary/aromatic N) is 2. The van der Waals surface area contributed by atoms with Crippen molar-refractivity contribution in [1.82, 2.24) is 15.5 Å². The second-order valence-electron chi connectivity index (χ2n) is 10.6. The van der Waals surface area contributed by atoms with Crippen molar-refractivity contribution in [2.75, 3.05) is 33.4 Å². The molecule has 32 heavy (non-hydrogen) atoms. The number of aliphatic imine (C=N–C) groups is 1. The molecule has 3 saturated carbocycles. The highest BCUT2D eigenvalue weighted by Crippen LogP contribution is 2.58. The first kappa shape index (κ1) is 23.1. The molecule has 5 atom stereocenters. The third-order valence-electron chi connectivity index (χ3n) is 8.04. The van der Waals surface area contributed by atoms with Crippen LogP contribution in [0.2, 0.25) is 0 Å². The summed E-state index contributed by atoms with van der Waals surface area (Å²) in [5.41, 5.74) is 0.464. The quantitative estimate of drug-likeness (QED) is 0.345. The molecule has 0 aromatic heterocycles. The Morgan fingerprint density at radius 2 is 1.94 bits per heavy atom. The summed E-state index contributed by atoms with van der Waals surface area (Å²) in [5, 5.41) is 6.84. The van der Waals surface area contributed by atoms with E-state index < -0.39 is 0 Å².